The van der Waals surface area contributed by atoms with Crippen molar-refractivity contribution >= 4 is 11.6 Å². The summed E-state index contributed by atoms with van der Waals surface area (Å²) in [7, 11) is 3.42. The van der Waals surface area contributed by atoms with Gasteiger partial charge in [-0.05, 0) is 6.42 Å². The first-order valence-electron chi connectivity index (χ1n) is 6.86. The van der Waals surface area contributed by atoms with Gasteiger partial charge in [0.1, 0.15) is 30.2 Å². The van der Waals surface area contributed by atoms with Crippen molar-refractivity contribution in [2.75, 3.05) is 37.6 Å². The molecule has 0 radical (unpaired) electrons. The number of hydrogen-bond donors (Lipinski definition) is 2. The van der Waals surface area contributed by atoms with E-state index in [1.807, 2.05) is 0 Å². The lowest BCUT2D eigenvalue weighted by atomic mass is 10.1. The predicted octanol–water partition coefficient (Wildman–Crippen LogP) is 0.565. The molecule has 3 N–H and O–H groups in total. The highest BCUT2D eigenvalue weighted by Crippen LogP contribution is 2.28. The lowest BCUT2D eigenvalue weighted by Gasteiger charge is -2.21. The summed E-state index contributed by atoms with van der Waals surface area (Å²) in [6.45, 7) is 3.64. The Hall–Kier alpha value is -1.44. The Kier molecular flexibility index (Phi) is 5.11. The number of aromatic nitrogens is 2. The zero-order valence-corrected chi connectivity index (χ0v) is 12.3. The average Bonchev–Trinajstić information content (AvgIpc) is 2.91. The number of hydrogen-bond acceptors (Lipinski definition) is 7. The van der Waals surface area contributed by atoms with Crippen LogP contribution in [0.25, 0.3) is 0 Å². The molecule has 0 spiro atoms. The lowest BCUT2D eigenvalue weighted by molar-refractivity contribution is -0.00461. The summed E-state index contributed by atoms with van der Waals surface area (Å²) in [5, 5.41) is 0. The van der Waals surface area contributed by atoms with Gasteiger partial charge in [-0.1, -0.05) is 13.3 Å². The van der Waals surface area contributed by atoms with E-state index in [0.29, 0.717) is 5.82 Å². The monoisotopic (exact) mass is 281 g/mol. The molecule has 2 rings (SSSR count). The molecule has 112 valence electrons. The molecule has 1 fully saturated rings. The fraction of sp³-hybridized carbons (Fsp3) is 0.692. The van der Waals surface area contributed by atoms with Gasteiger partial charge in [-0.3, -0.25) is 0 Å². The van der Waals surface area contributed by atoms with Crippen molar-refractivity contribution < 1.29 is 9.47 Å². The third-order valence-corrected chi connectivity index (χ3v) is 3.68. The second-order valence-electron chi connectivity index (χ2n) is 4.87. The summed E-state index contributed by atoms with van der Waals surface area (Å²) in [5.74, 6) is 7.15. The van der Waals surface area contributed by atoms with Gasteiger partial charge in [-0.2, -0.15) is 0 Å². The molecule has 2 heterocycles. The summed E-state index contributed by atoms with van der Waals surface area (Å²) in [4.78, 5) is 10.8. The maximum absolute atomic E-state index is 5.55. The first-order chi connectivity index (χ1) is 9.74. The maximum atomic E-state index is 5.55. The molecule has 20 heavy (non-hydrogen) atoms. The van der Waals surface area contributed by atoms with E-state index in [4.69, 9.17) is 15.3 Å². The first-order valence-corrected chi connectivity index (χ1v) is 6.86. The molecule has 0 aromatic carbocycles. The van der Waals surface area contributed by atoms with E-state index >= 15 is 0 Å². The molecule has 7 heteroatoms. The summed E-state index contributed by atoms with van der Waals surface area (Å²) in [5.41, 5.74) is 3.70. The van der Waals surface area contributed by atoms with Crippen LogP contribution < -0.4 is 16.2 Å². The van der Waals surface area contributed by atoms with Crippen molar-refractivity contribution in [3.8, 4) is 0 Å². The molecule has 1 aliphatic heterocycles. The standard InChI is InChI=1S/C13H23N5O2/c1-4-5-9-12(17-14)15-8-16-13(9)18-6-10(19-2)11(7-18)20-3/h8,10-11H,4-7,14H2,1-3H3,(H,15,16,17). The van der Waals surface area contributed by atoms with Crippen LogP contribution in [0.5, 0.6) is 0 Å². The number of nitrogens with two attached hydrogens (primary N) is 1. The Balaban J connectivity index is 2.28. The Morgan fingerprint density at radius 2 is 1.95 bits per heavy atom. The lowest BCUT2D eigenvalue weighted by Crippen LogP contribution is -2.27. The molecule has 1 saturated heterocycles. The van der Waals surface area contributed by atoms with Gasteiger partial charge in [-0.25, -0.2) is 15.8 Å². The van der Waals surface area contributed by atoms with Crippen molar-refractivity contribution in [2.45, 2.75) is 32.0 Å². The molecular formula is C13H23N5O2. The number of ether oxygens (including phenoxy) is 2. The minimum absolute atomic E-state index is 0.0544. The Morgan fingerprint density at radius 3 is 2.45 bits per heavy atom. The van der Waals surface area contributed by atoms with E-state index in [9.17, 15) is 0 Å². The highest BCUT2D eigenvalue weighted by molar-refractivity contribution is 5.59. The number of nitrogens with zero attached hydrogens (tertiary/aromatic N) is 3. The third-order valence-electron chi connectivity index (χ3n) is 3.68. The van der Waals surface area contributed by atoms with Gasteiger partial charge in [0.15, 0.2) is 0 Å². The molecular weight excluding hydrogens is 258 g/mol. The number of anilines is 2. The minimum atomic E-state index is 0.0544. The Labute approximate surface area is 119 Å². The maximum Gasteiger partial charge on any atom is 0.148 e. The Morgan fingerprint density at radius 1 is 1.30 bits per heavy atom. The quantitative estimate of drug-likeness (QED) is 0.582. The van der Waals surface area contributed by atoms with E-state index in [0.717, 1.165) is 37.3 Å². The second kappa shape index (κ2) is 6.83. The molecule has 2 atom stereocenters. The predicted molar refractivity (Wildman–Crippen MR) is 77.6 cm³/mol. The van der Waals surface area contributed by atoms with Gasteiger partial charge in [0, 0.05) is 32.9 Å². The molecule has 0 aliphatic carbocycles. The van der Waals surface area contributed by atoms with Crippen LogP contribution in [-0.2, 0) is 15.9 Å². The average molecular weight is 281 g/mol. The van der Waals surface area contributed by atoms with E-state index in [2.05, 4.69) is 27.2 Å². The normalized spacial score (nSPS) is 22.3. The van der Waals surface area contributed by atoms with Crippen LogP contribution in [0.1, 0.15) is 18.9 Å². The van der Waals surface area contributed by atoms with Gasteiger partial charge < -0.3 is 19.8 Å². The van der Waals surface area contributed by atoms with Crippen LogP contribution in [-0.4, -0.2) is 49.5 Å². The van der Waals surface area contributed by atoms with Gasteiger partial charge in [0.05, 0.1) is 0 Å². The summed E-state index contributed by atoms with van der Waals surface area (Å²) < 4.78 is 10.9. The van der Waals surface area contributed by atoms with Gasteiger partial charge in [-0.15, -0.1) is 0 Å². The van der Waals surface area contributed by atoms with E-state index in [1.54, 1.807) is 14.2 Å². The Bertz CT molecular complexity index is 431. The summed E-state index contributed by atoms with van der Waals surface area (Å²) in [6.07, 6.45) is 3.52. The molecule has 0 amide bonds. The van der Waals surface area contributed by atoms with E-state index < -0.39 is 0 Å². The summed E-state index contributed by atoms with van der Waals surface area (Å²) in [6, 6.07) is 0. The third kappa shape index (κ3) is 2.84. The van der Waals surface area contributed by atoms with Crippen LogP contribution in [0.3, 0.4) is 0 Å². The number of nitrogen functional groups attached to an aromatic ring is 1. The topological polar surface area (TPSA) is 85.5 Å². The van der Waals surface area contributed by atoms with Crippen LogP contribution in [0.15, 0.2) is 6.33 Å². The zero-order valence-electron chi connectivity index (χ0n) is 12.3. The fourth-order valence-electron chi connectivity index (χ4n) is 2.65. The van der Waals surface area contributed by atoms with Crippen molar-refractivity contribution in [2.24, 2.45) is 5.84 Å². The number of nitrogens with one attached hydrogen (secondary N) is 1. The van der Waals surface area contributed by atoms with E-state index in [1.165, 1.54) is 6.33 Å². The zero-order chi connectivity index (χ0) is 14.5. The molecule has 7 nitrogen and oxygen atoms in total. The number of hydrazine groups is 1. The van der Waals surface area contributed by atoms with Crippen LogP contribution in [0, 0.1) is 0 Å². The SMILES string of the molecule is CCCc1c(NN)ncnc1N1CC(OC)C(OC)C1. The molecule has 2 unspecified atom stereocenters. The van der Waals surface area contributed by atoms with Crippen molar-refractivity contribution in [3.63, 3.8) is 0 Å². The van der Waals surface area contributed by atoms with Gasteiger partial charge in [0.2, 0.25) is 0 Å². The highest BCUT2D eigenvalue weighted by atomic mass is 16.5. The second-order valence-corrected chi connectivity index (χ2v) is 4.87. The van der Waals surface area contributed by atoms with Crippen LogP contribution in [0.4, 0.5) is 11.6 Å². The largest absolute Gasteiger partial charge is 0.377 e. The molecule has 0 bridgehead atoms. The van der Waals surface area contributed by atoms with Gasteiger partial charge >= 0.3 is 0 Å². The smallest absolute Gasteiger partial charge is 0.148 e. The number of methoxy groups -OCH3 is 2. The first kappa shape index (κ1) is 15.0. The van der Waals surface area contributed by atoms with Gasteiger partial charge in [0.25, 0.3) is 0 Å². The molecule has 0 saturated carbocycles. The number of rotatable bonds is 6. The fourth-order valence-corrected chi connectivity index (χ4v) is 2.65. The molecule has 1 aromatic heterocycles. The highest BCUT2D eigenvalue weighted by Gasteiger charge is 2.34. The molecule has 1 aromatic rings. The van der Waals surface area contributed by atoms with Crippen molar-refractivity contribution in [1.29, 1.82) is 0 Å². The summed E-state index contributed by atoms with van der Waals surface area (Å²) >= 11 is 0. The minimum Gasteiger partial charge on any atom is -0.377 e. The van der Waals surface area contributed by atoms with Crippen molar-refractivity contribution in [1.82, 2.24) is 9.97 Å². The molecule has 1 aliphatic rings. The van der Waals surface area contributed by atoms with Crippen LogP contribution in [0.2, 0.25) is 0 Å². The van der Waals surface area contributed by atoms with Crippen LogP contribution >= 0.6 is 0 Å². The van der Waals surface area contributed by atoms with Crippen molar-refractivity contribution in [3.05, 3.63) is 11.9 Å². The van der Waals surface area contributed by atoms with E-state index in [-0.39, 0.29) is 12.2 Å².